The van der Waals surface area contributed by atoms with Crippen molar-refractivity contribution in [2.45, 2.75) is 70.6 Å². The summed E-state index contributed by atoms with van der Waals surface area (Å²) in [5.41, 5.74) is 0. The molecule has 0 amide bonds. The Morgan fingerprint density at radius 1 is 1.47 bits per heavy atom. The zero-order chi connectivity index (χ0) is 12.7. The van der Waals surface area contributed by atoms with E-state index in [-0.39, 0.29) is 18.1 Å². The van der Waals surface area contributed by atoms with Crippen LogP contribution in [0.5, 0.6) is 0 Å². The smallest absolute Gasteiger partial charge is 0.323 e. The molecule has 0 bridgehead atoms. The monoisotopic (exact) mass is 243 g/mol. The number of carbonyl (C=O) groups is 1. The summed E-state index contributed by atoms with van der Waals surface area (Å²) in [6.45, 7) is 4.61. The Morgan fingerprint density at radius 3 is 2.82 bits per heavy atom. The number of carbonyl (C=O) groups excluding carboxylic acids is 1. The van der Waals surface area contributed by atoms with Gasteiger partial charge < -0.3 is 15.2 Å². The van der Waals surface area contributed by atoms with Gasteiger partial charge in [-0.25, -0.2) is 0 Å². The lowest BCUT2D eigenvalue weighted by Crippen LogP contribution is -2.34. The van der Waals surface area contributed by atoms with Crippen molar-refractivity contribution in [2.75, 3.05) is 6.54 Å². The number of rotatable bonds is 7. The summed E-state index contributed by atoms with van der Waals surface area (Å²) < 4.78 is 5.35. The highest BCUT2D eigenvalue weighted by molar-refractivity contribution is 5.76. The average molecular weight is 243 g/mol. The molecule has 2 unspecified atom stereocenters. The molecule has 1 heterocycles. The Morgan fingerprint density at radius 2 is 2.24 bits per heavy atom. The van der Waals surface area contributed by atoms with Crippen LogP contribution in [0.25, 0.3) is 0 Å². The molecule has 2 N–H and O–H groups in total. The summed E-state index contributed by atoms with van der Waals surface area (Å²) in [5, 5.41) is 12.3. The molecule has 1 fully saturated rings. The zero-order valence-corrected chi connectivity index (χ0v) is 10.9. The van der Waals surface area contributed by atoms with Crippen molar-refractivity contribution in [3.63, 3.8) is 0 Å². The van der Waals surface area contributed by atoms with Crippen molar-refractivity contribution < 1.29 is 14.6 Å². The van der Waals surface area contributed by atoms with Gasteiger partial charge in [0, 0.05) is 13.0 Å². The first-order valence-electron chi connectivity index (χ1n) is 6.75. The maximum absolute atomic E-state index is 11.7. The number of aliphatic hydroxyl groups is 1. The summed E-state index contributed by atoms with van der Waals surface area (Å²) >= 11 is 0. The molecule has 0 spiro atoms. The molecule has 0 aromatic rings. The Kier molecular flexibility index (Phi) is 6.52. The van der Waals surface area contributed by atoms with Gasteiger partial charge in [-0.05, 0) is 19.8 Å². The van der Waals surface area contributed by atoms with Crippen LogP contribution in [-0.4, -0.2) is 35.9 Å². The Labute approximate surface area is 104 Å². The minimum absolute atomic E-state index is 0.0149. The lowest BCUT2D eigenvalue weighted by atomic mass is 10.1. The molecule has 0 aromatic carbocycles. The fourth-order valence-electron chi connectivity index (χ4n) is 2.09. The molecule has 0 aromatic heterocycles. The molecule has 1 saturated heterocycles. The molecule has 0 aliphatic carbocycles. The van der Waals surface area contributed by atoms with E-state index in [2.05, 4.69) is 12.2 Å². The van der Waals surface area contributed by atoms with Gasteiger partial charge >= 0.3 is 5.97 Å². The van der Waals surface area contributed by atoms with Gasteiger partial charge in [0.1, 0.15) is 6.04 Å². The highest BCUT2D eigenvalue weighted by Crippen LogP contribution is 2.12. The molecule has 17 heavy (non-hydrogen) atoms. The molecule has 100 valence electrons. The van der Waals surface area contributed by atoms with E-state index in [9.17, 15) is 9.90 Å². The molecular formula is C13H25NO3. The lowest BCUT2D eigenvalue weighted by Gasteiger charge is -2.16. The van der Waals surface area contributed by atoms with Crippen molar-refractivity contribution in [1.82, 2.24) is 5.32 Å². The van der Waals surface area contributed by atoms with E-state index in [1.165, 1.54) is 19.3 Å². The van der Waals surface area contributed by atoms with E-state index in [0.29, 0.717) is 13.0 Å². The first-order chi connectivity index (χ1) is 8.13. The van der Waals surface area contributed by atoms with Gasteiger partial charge in [-0.3, -0.25) is 4.79 Å². The summed E-state index contributed by atoms with van der Waals surface area (Å²) in [6, 6.07) is -0.317. The van der Waals surface area contributed by atoms with Crippen LogP contribution in [0.1, 0.15) is 52.4 Å². The van der Waals surface area contributed by atoms with Gasteiger partial charge in [0.2, 0.25) is 0 Å². The van der Waals surface area contributed by atoms with E-state index >= 15 is 0 Å². The van der Waals surface area contributed by atoms with Gasteiger partial charge in [-0.2, -0.15) is 0 Å². The van der Waals surface area contributed by atoms with E-state index in [1.807, 2.05) is 6.92 Å². The number of esters is 1. The van der Waals surface area contributed by atoms with Gasteiger partial charge in [-0.15, -0.1) is 0 Å². The van der Waals surface area contributed by atoms with Crippen LogP contribution in [0, 0.1) is 0 Å². The summed E-state index contributed by atoms with van der Waals surface area (Å²) in [6.07, 6.45) is 5.77. The topological polar surface area (TPSA) is 58.6 Å². The number of nitrogens with one attached hydrogen (secondary N) is 1. The predicted molar refractivity (Wildman–Crippen MR) is 66.7 cm³/mol. The Balaban J connectivity index is 2.12. The lowest BCUT2D eigenvalue weighted by molar-refractivity contribution is -0.150. The van der Waals surface area contributed by atoms with Crippen LogP contribution in [0.15, 0.2) is 0 Å². The second kappa shape index (κ2) is 7.67. The number of hydrogen-bond acceptors (Lipinski definition) is 4. The molecule has 0 saturated carbocycles. The van der Waals surface area contributed by atoms with Crippen LogP contribution in [0.2, 0.25) is 0 Å². The SMILES string of the molecule is CCCCCCC(C)OC(=O)[C@@H]1CC(O)CN1. The van der Waals surface area contributed by atoms with Gasteiger partial charge in [-0.1, -0.05) is 26.2 Å². The van der Waals surface area contributed by atoms with Crippen LogP contribution in [0.3, 0.4) is 0 Å². The number of ether oxygens (including phenoxy) is 1. The highest BCUT2D eigenvalue weighted by Gasteiger charge is 2.29. The summed E-state index contributed by atoms with van der Waals surface area (Å²) in [5.74, 6) is -0.218. The minimum atomic E-state index is -0.410. The normalized spacial score (nSPS) is 25.8. The number of aliphatic hydroxyl groups excluding tert-OH is 1. The number of unbranched alkanes of at least 4 members (excludes halogenated alkanes) is 3. The standard InChI is InChI=1S/C13H25NO3/c1-3-4-5-6-7-10(2)17-13(16)12-8-11(15)9-14-12/h10-12,14-15H,3-9H2,1-2H3/t10?,11?,12-/m0/s1. The van der Waals surface area contributed by atoms with E-state index < -0.39 is 6.10 Å². The van der Waals surface area contributed by atoms with Crippen molar-refractivity contribution in [1.29, 1.82) is 0 Å². The van der Waals surface area contributed by atoms with Crippen LogP contribution in [0.4, 0.5) is 0 Å². The fourth-order valence-corrected chi connectivity index (χ4v) is 2.09. The minimum Gasteiger partial charge on any atom is -0.462 e. The number of hydrogen-bond donors (Lipinski definition) is 2. The van der Waals surface area contributed by atoms with Crippen molar-refractivity contribution >= 4 is 5.97 Å². The molecule has 1 aliphatic heterocycles. The van der Waals surface area contributed by atoms with Crippen LogP contribution in [-0.2, 0) is 9.53 Å². The molecule has 1 rings (SSSR count). The summed E-state index contributed by atoms with van der Waals surface area (Å²) in [4.78, 5) is 11.7. The molecule has 1 aliphatic rings. The quantitative estimate of drug-likeness (QED) is 0.527. The third kappa shape index (κ3) is 5.50. The van der Waals surface area contributed by atoms with Gasteiger partial charge in [0.05, 0.1) is 12.2 Å². The molecule has 4 heteroatoms. The largest absolute Gasteiger partial charge is 0.462 e. The van der Waals surface area contributed by atoms with Crippen molar-refractivity contribution in [3.05, 3.63) is 0 Å². The predicted octanol–water partition coefficient (Wildman–Crippen LogP) is 1.61. The molecule has 4 nitrogen and oxygen atoms in total. The molecular weight excluding hydrogens is 218 g/mol. The van der Waals surface area contributed by atoms with Crippen molar-refractivity contribution in [2.24, 2.45) is 0 Å². The summed E-state index contributed by atoms with van der Waals surface area (Å²) in [7, 11) is 0. The zero-order valence-electron chi connectivity index (χ0n) is 10.9. The third-order valence-corrected chi connectivity index (χ3v) is 3.17. The maximum Gasteiger partial charge on any atom is 0.323 e. The Bertz CT molecular complexity index is 233. The second-order valence-corrected chi connectivity index (χ2v) is 4.95. The van der Waals surface area contributed by atoms with E-state index in [1.54, 1.807) is 0 Å². The molecule has 3 atom stereocenters. The Hall–Kier alpha value is -0.610. The van der Waals surface area contributed by atoms with Crippen LogP contribution >= 0.6 is 0 Å². The van der Waals surface area contributed by atoms with Crippen LogP contribution < -0.4 is 5.32 Å². The van der Waals surface area contributed by atoms with E-state index in [4.69, 9.17) is 4.74 Å². The fraction of sp³-hybridized carbons (Fsp3) is 0.923. The van der Waals surface area contributed by atoms with E-state index in [0.717, 1.165) is 12.8 Å². The van der Waals surface area contributed by atoms with Gasteiger partial charge in [0.25, 0.3) is 0 Å². The van der Waals surface area contributed by atoms with Crippen molar-refractivity contribution in [3.8, 4) is 0 Å². The van der Waals surface area contributed by atoms with Gasteiger partial charge in [0.15, 0.2) is 0 Å². The second-order valence-electron chi connectivity index (χ2n) is 4.95. The average Bonchev–Trinajstić information content (AvgIpc) is 2.71. The first kappa shape index (κ1) is 14.5. The third-order valence-electron chi connectivity index (χ3n) is 3.17. The maximum atomic E-state index is 11.7. The highest BCUT2D eigenvalue weighted by atomic mass is 16.5. The first-order valence-corrected chi connectivity index (χ1v) is 6.75. The number of β-amino-alcohol motifs (C(OH)–C–C–N with tert-alkyl or cyclic N) is 1. The molecule has 0 radical (unpaired) electrons.